The second kappa shape index (κ2) is 6.10. The third-order valence-corrected chi connectivity index (χ3v) is 3.75. The number of allylic oxidation sites excluding steroid dienone is 2. The predicted molar refractivity (Wildman–Crippen MR) is 81.5 cm³/mol. The summed E-state index contributed by atoms with van der Waals surface area (Å²) in [6, 6.07) is 13.1. The molecule has 0 aliphatic heterocycles. The van der Waals surface area contributed by atoms with Crippen molar-refractivity contribution in [3.05, 3.63) is 77.5 Å². The Morgan fingerprint density at radius 3 is 2.50 bits per heavy atom. The van der Waals surface area contributed by atoms with E-state index in [0.717, 1.165) is 11.6 Å². The van der Waals surface area contributed by atoms with E-state index in [9.17, 15) is 13.6 Å². The van der Waals surface area contributed by atoms with Gasteiger partial charge in [-0.3, -0.25) is 4.79 Å². The molecule has 1 aliphatic rings. The van der Waals surface area contributed by atoms with E-state index in [1.807, 2.05) is 30.3 Å². The van der Waals surface area contributed by atoms with Gasteiger partial charge in [0.05, 0.1) is 5.69 Å². The predicted octanol–water partition coefficient (Wildman–Crippen LogP) is 4.41. The fourth-order valence-electron chi connectivity index (χ4n) is 2.70. The molecule has 0 saturated heterocycles. The van der Waals surface area contributed by atoms with Gasteiger partial charge in [-0.25, -0.2) is 8.78 Å². The van der Waals surface area contributed by atoms with Gasteiger partial charge in [0.2, 0.25) is 0 Å². The molecule has 0 aromatic heterocycles. The van der Waals surface area contributed by atoms with Gasteiger partial charge < -0.3 is 5.32 Å². The Morgan fingerprint density at radius 1 is 1.00 bits per heavy atom. The molecular formula is C18H15F2NO. The van der Waals surface area contributed by atoms with Crippen molar-refractivity contribution < 1.29 is 13.6 Å². The van der Waals surface area contributed by atoms with Crippen molar-refractivity contribution in [1.29, 1.82) is 0 Å². The summed E-state index contributed by atoms with van der Waals surface area (Å²) in [5, 5.41) is 2.91. The molecule has 1 atom stereocenters. The standard InChI is InChI=1S/C18H15F2NO/c19-14-6-7-18(17(20)10-14)21-15-8-13(9-16(22)11-15)12-4-2-1-3-5-12/h1-7,10-11,13,21H,8-9H2/t13-/m0/s1. The van der Waals surface area contributed by atoms with E-state index in [1.165, 1.54) is 18.2 Å². The zero-order valence-corrected chi connectivity index (χ0v) is 11.9. The Kier molecular flexibility index (Phi) is 4.00. The maximum Gasteiger partial charge on any atom is 0.158 e. The van der Waals surface area contributed by atoms with Crippen molar-refractivity contribution in [2.75, 3.05) is 5.32 Å². The molecule has 22 heavy (non-hydrogen) atoms. The summed E-state index contributed by atoms with van der Waals surface area (Å²) in [7, 11) is 0. The third kappa shape index (κ3) is 3.22. The number of anilines is 1. The molecule has 0 saturated carbocycles. The summed E-state index contributed by atoms with van der Waals surface area (Å²) in [6.07, 6.45) is 2.57. The Labute approximate surface area is 127 Å². The van der Waals surface area contributed by atoms with Crippen molar-refractivity contribution in [2.24, 2.45) is 0 Å². The van der Waals surface area contributed by atoms with Crippen LogP contribution in [0.1, 0.15) is 24.3 Å². The average molecular weight is 299 g/mol. The highest BCUT2D eigenvalue weighted by Crippen LogP contribution is 2.32. The van der Waals surface area contributed by atoms with Crippen LogP contribution in [-0.2, 0) is 4.79 Å². The van der Waals surface area contributed by atoms with Crippen molar-refractivity contribution >= 4 is 11.5 Å². The van der Waals surface area contributed by atoms with Crippen LogP contribution in [0.2, 0.25) is 0 Å². The number of carbonyl (C=O) groups excluding carboxylic acids is 1. The number of hydrogen-bond acceptors (Lipinski definition) is 2. The monoisotopic (exact) mass is 299 g/mol. The Hall–Kier alpha value is -2.49. The molecule has 4 heteroatoms. The molecule has 1 aliphatic carbocycles. The van der Waals surface area contributed by atoms with Crippen LogP contribution in [0.3, 0.4) is 0 Å². The van der Waals surface area contributed by atoms with E-state index < -0.39 is 11.6 Å². The number of carbonyl (C=O) groups is 1. The minimum absolute atomic E-state index is 0.00474. The van der Waals surface area contributed by atoms with Crippen LogP contribution in [0.5, 0.6) is 0 Å². The first-order valence-electron chi connectivity index (χ1n) is 7.12. The Morgan fingerprint density at radius 2 is 1.77 bits per heavy atom. The van der Waals surface area contributed by atoms with Gasteiger partial charge in [0.25, 0.3) is 0 Å². The van der Waals surface area contributed by atoms with Gasteiger partial charge in [-0.1, -0.05) is 30.3 Å². The zero-order chi connectivity index (χ0) is 15.5. The average Bonchev–Trinajstić information content (AvgIpc) is 2.50. The summed E-state index contributed by atoms with van der Waals surface area (Å²) in [5.41, 5.74) is 1.91. The minimum Gasteiger partial charge on any atom is -0.356 e. The van der Waals surface area contributed by atoms with E-state index in [2.05, 4.69) is 5.32 Å². The highest BCUT2D eigenvalue weighted by molar-refractivity contribution is 5.92. The summed E-state index contributed by atoms with van der Waals surface area (Å²) in [5.74, 6) is -1.22. The summed E-state index contributed by atoms with van der Waals surface area (Å²) in [4.78, 5) is 11.9. The summed E-state index contributed by atoms with van der Waals surface area (Å²) in [6.45, 7) is 0. The van der Waals surface area contributed by atoms with Gasteiger partial charge in [-0.2, -0.15) is 0 Å². The largest absolute Gasteiger partial charge is 0.356 e. The number of hydrogen-bond donors (Lipinski definition) is 1. The second-order valence-corrected chi connectivity index (χ2v) is 5.40. The number of benzene rings is 2. The first kappa shape index (κ1) is 14.4. The molecule has 0 radical (unpaired) electrons. The van der Waals surface area contributed by atoms with E-state index >= 15 is 0 Å². The van der Waals surface area contributed by atoms with Crippen LogP contribution in [0.15, 0.2) is 60.3 Å². The zero-order valence-electron chi connectivity index (χ0n) is 11.9. The first-order valence-corrected chi connectivity index (χ1v) is 7.12. The van der Waals surface area contributed by atoms with Crippen molar-refractivity contribution in [3.63, 3.8) is 0 Å². The molecule has 2 aromatic carbocycles. The van der Waals surface area contributed by atoms with Crippen LogP contribution >= 0.6 is 0 Å². The van der Waals surface area contributed by atoms with Crippen LogP contribution in [0.25, 0.3) is 0 Å². The van der Waals surface area contributed by atoms with Gasteiger partial charge in [-0.05, 0) is 30.0 Å². The van der Waals surface area contributed by atoms with E-state index in [-0.39, 0.29) is 17.4 Å². The SMILES string of the molecule is O=C1C=C(Nc2ccc(F)cc2F)C[C@H](c2ccccc2)C1. The smallest absolute Gasteiger partial charge is 0.158 e. The third-order valence-electron chi connectivity index (χ3n) is 3.75. The summed E-state index contributed by atoms with van der Waals surface area (Å²) >= 11 is 0. The normalized spacial score (nSPS) is 18.0. The van der Waals surface area contributed by atoms with E-state index in [0.29, 0.717) is 18.5 Å². The number of halogens is 2. The highest BCUT2D eigenvalue weighted by Gasteiger charge is 2.22. The Balaban J connectivity index is 1.80. The van der Waals surface area contributed by atoms with Crippen molar-refractivity contribution in [3.8, 4) is 0 Å². The quantitative estimate of drug-likeness (QED) is 0.909. The molecule has 112 valence electrons. The minimum atomic E-state index is -0.671. The van der Waals surface area contributed by atoms with Crippen LogP contribution in [0.4, 0.5) is 14.5 Å². The van der Waals surface area contributed by atoms with Gasteiger partial charge in [0.15, 0.2) is 5.78 Å². The molecule has 0 spiro atoms. The maximum atomic E-state index is 13.7. The van der Waals surface area contributed by atoms with Gasteiger partial charge >= 0.3 is 0 Å². The number of ketones is 1. The molecule has 1 N–H and O–H groups in total. The lowest BCUT2D eigenvalue weighted by molar-refractivity contribution is -0.115. The molecule has 0 fully saturated rings. The van der Waals surface area contributed by atoms with Gasteiger partial charge in [0.1, 0.15) is 11.6 Å². The number of rotatable bonds is 3. The topological polar surface area (TPSA) is 29.1 Å². The molecular weight excluding hydrogens is 284 g/mol. The van der Waals surface area contributed by atoms with Crippen LogP contribution in [0, 0.1) is 11.6 Å². The molecule has 2 nitrogen and oxygen atoms in total. The van der Waals surface area contributed by atoms with E-state index in [4.69, 9.17) is 0 Å². The molecule has 0 bridgehead atoms. The second-order valence-electron chi connectivity index (χ2n) is 5.40. The first-order chi connectivity index (χ1) is 10.6. The lowest BCUT2D eigenvalue weighted by Gasteiger charge is -2.23. The molecule has 0 heterocycles. The van der Waals surface area contributed by atoms with Crippen LogP contribution in [-0.4, -0.2) is 5.78 Å². The maximum absolute atomic E-state index is 13.7. The molecule has 0 unspecified atom stereocenters. The fraction of sp³-hybridized carbons (Fsp3) is 0.167. The van der Waals surface area contributed by atoms with Crippen molar-refractivity contribution in [2.45, 2.75) is 18.8 Å². The van der Waals surface area contributed by atoms with Gasteiger partial charge in [0, 0.05) is 24.3 Å². The fourth-order valence-corrected chi connectivity index (χ4v) is 2.70. The van der Waals surface area contributed by atoms with Crippen LogP contribution < -0.4 is 5.32 Å². The van der Waals surface area contributed by atoms with E-state index in [1.54, 1.807) is 0 Å². The molecule has 2 aromatic rings. The lowest BCUT2D eigenvalue weighted by atomic mass is 9.85. The van der Waals surface area contributed by atoms with Crippen molar-refractivity contribution in [1.82, 2.24) is 0 Å². The highest BCUT2D eigenvalue weighted by atomic mass is 19.1. The van der Waals surface area contributed by atoms with Gasteiger partial charge in [-0.15, -0.1) is 0 Å². The lowest BCUT2D eigenvalue weighted by Crippen LogP contribution is -2.17. The molecule has 3 rings (SSSR count). The Bertz CT molecular complexity index is 725. The molecule has 0 amide bonds. The number of nitrogens with one attached hydrogen (secondary N) is 1. The summed E-state index contributed by atoms with van der Waals surface area (Å²) < 4.78 is 26.6.